The maximum absolute atomic E-state index is 5.21. The predicted octanol–water partition coefficient (Wildman–Crippen LogP) is 5.10. The standard InChI is InChI=1S/C18H31NO/c1-4-5-6-7-8-9-10-11-18(19-2)16-12-14-17(20-3)15-13-16/h12-15,18-19H,4-11H2,1-3H3. The van der Waals surface area contributed by atoms with Gasteiger partial charge in [-0.1, -0.05) is 64.0 Å². The van der Waals surface area contributed by atoms with E-state index >= 15 is 0 Å². The predicted molar refractivity (Wildman–Crippen MR) is 87.4 cm³/mol. The molecule has 0 saturated carbocycles. The van der Waals surface area contributed by atoms with Crippen molar-refractivity contribution in [3.05, 3.63) is 29.8 Å². The molecule has 1 rings (SSSR count). The molecule has 2 heteroatoms. The van der Waals surface area contributed by atoms with Crippen molar-refractivity contribution in [3.63, 3.8) is 0 Å². The van der Waals surface area contributed by atoms with Gasteiger partial charge >= 0.3 is 0 Å². The smallest absolute Gasteiger partial charge is 0.118 e. The van der Waals surface area contributed by atoms with E-state index in [2.05, 4.69) is 31.4 Å². The molecule has 0 aromatic heterocycles. The molecule has 114 valence electrons. The first-order valence-corrected chi connectivity index (χ1v) is 8.13. The molecule has 0 saturated heterocycles. The van der Waals surface area contributed by atoms with E-state index in [9.17, 15) is 0 Å². The molecule has 0 amide bonds. The summed E-state index contributed by atoms with van der Waals surface area (Å²) >= 11 is 0. The average molecular weight is 277 g/mol. The Morgan fingerprint density at radius 2 is 1.55 bits per heavy atom. The zero-order chi connectivity index (χ0) is 14.6. The molecule has 1 atom stereocenters. The molecule has 0 spiro atoms. The van der Waals surface area contributed by atoms with Gasteiger partial charge in [-0.2, -0.15) is 0 Å². The van der Waals surface area contributed by atoms with E-state index in [0.717, 1.165) is 5.75 Å². The van der Waals surface area contributed by atoms with Crippen LogP contribution in [-0.4, -0.2) is 14.2 Å². The van der Waals surface area contributed by atoms with Gasteiger partial charge in [0.15, 0.2) is 0 Å². The first kappa shape index (κ1) is 17.0. The maximum atomic E-state index is 5.21. The van der Waals surface area contributed by atoms with Crippen LogP contribution in [0.2, 0.25) is 0 Å². The molecule has 1 unspecified atom stereocenters. The zero-order valence-electron chi connectivity index (χ0n) is 13.5. The maximum Gasteiger partial charge on any atom is 0.118 e. The topological polar surface area (TPSA) is 21.3 Å². The summed E-state index contributed by atoms with van der Waals surface area (Å²) in [5.74, 6) is 0.930. The van der Waals surface area contributed by atoms with Gasteiger partial charge in [0.1, 0.15) is 5.75 Å². The quantitative estimate of drug-likeness (QED) is 0.568. The van der Waals surface area contributed by atoms with Crippen molar-refractivity contribution in [1.82, 2.24) is 5.32 Å². The Bertz CT molecular complexity index is 334. The van der Waals surface area contributed by atoms with Crippen LogP contribution in [0.4, 0.5) is 0 Å². The van der Waals surface area contributed by atoms with Gasteiger partial charge in [0, 0.05) is 6.04 Å². The molecule has 1 aromatic carbocycles. The number of hydrogen-bond donors (Lipinski definition) is 1. The highest BCUT2D eigenvalue weighted by Crippen LogP contribution is 2.22. The minimum atomic E-state index is 0.469. The summed E-state index contributed by atoms with van der Waals surface area (Å²) < 4.78 is 5.21. The molecule has 0 bridgehead atoms. The number of ether oxygens (including phenoxy) is 1. The molecule has 1 aromatic rings. The van der Waals surface area contributed by atoms with Gasteiger partial charge < -0.3 is 10.1 Å². The molecule has 0 heterocycles. The lowest BCUT2D eigenvalue weighted by atomic mass is 9.99. The number of rotatable bonds is 11. The van der Waals surface area contributed by atoms with Crippen LogP contribution in [0.15, 0.2) is 24.3 Å². The fourth-order valence-electron chi connectivity index (χ4n) is 2.62. The third-order valence-electron chi connectivity index (χ3n) is 3.96. The van der Waals surface area contributed by atoms with Gasteiger partial charge in [0.2, 0.25) is 0 Å². The first-order chi connectivity index (χ1) is 9.81. The Hall–Kier alpha value is -1.02. The first-order valence-electron chi connectivity index (χ1n) is 8.13. The highest BCUT2D eigenvalue weighted by Gasteiger charge is 2.08. The second-order valence-corrected chi connectivity index (χ2v) is 5.52. The molecule has 20 heavy (non-hydrogen) atoms. The number of methoxy groups -OCH3 is 1. The molecule has 2 nitrogen and oxygen atoms in total. The van der Waals surface area contributed by atoms with Crippen LogP contribution in [0, 0.1) is 0 Å². The van der Waals surface area contributed by atoms with Crippen LogP contribution in [0.3, 0.4) is 0 Å². The Labute approximate surface area is 124 Å². The minimum Gasteiger partial charge on any atom is -0.497 e. The average Bonchev–Trinajstić information content (AvgIpc) is 2.50. The third-order valence-corrected chi connectivity index (χ3v) is 3.96. The Balaban J connectivity index is 2.24. The fraction of sp³-hybridized carbons (Fsp3) is 0.667. The molecule has 1 N–H and O–H groups in total. The van der Waals surface area contributed by atoms with Gasteiger partial charge in [-0.3, -0.25) is 0 Å². The highest BCUT2D eigenvalue weighted by atomic mass is 16.5. The van der Waals surface area contributed by atoms with Crippen LogP contribution in [0.25, 0.3) is 0 Å². The van der Waals surface area contributed by atoms with E-state index in [0.29, 0.717) is 6.04 Å². The summed E-state index contributed by atoms with van der Waals surface area (Å²) in [5, 5.41) is 3.43. The monoisotopic (exact) mass is 277 g/mol. The van der Waals surface area contributed by atoms with Crippen molar-refractivity contribution in [2.75, 3.05) is 14.2 Å². The van der Waals surface area contributed by atoms with Gasteiger partial charge in [0.05, 0.1) is 7.11 Å². The largest absolute Gasteiger partial charge is 0.497 e. The van der Waals surface area contributed by atoms with Crippen molar-refractivity contribution in [1.29, 1.82) is 0 Å². The van der Waals surface area contributed by atoms with Crippen molar-refractivity contribution >= 4 is 0 Å². The molecule has 0 aliphatic rings. The Morgan fingerprint density at radius 1 is 0.950 bits per heavy atom. The van der Waals surface area contributed by atoms with Crippen LogP contribution >= 0.6 is 0 Å². The van der Waals surface area contributed by atoms with Crippen LogP contribution in [0.5, 0.6) is 5.75 Å². The molecule has 0 fully saturated rings. The lowest BCUT2D eigenvalue weighted by Gasteiger charge is -2.17. The van der Waals surface area contributed by atoms with E-state index in [-0.39, 0.29) is 0 Å². The molecular formula is C18H31NO. The second kappa shape index (κ2) is 10.7. The van der Waals surface area contributed by atoms with Crippen molar-refractivity contribution < 1.29 is 4.74 Å². The number of unbranched alkanes of at least 4 members (excludes halogenated alkanes) is 6. The summed E-state index contributed by atoms with van der Waals surface area (Å²) in [6, 6.07) is 8.90. The molecular weight excluding hydrogens is 246 g/mol. The SMILES string of the molecule is CCCCCCCCCC(NC)c1ccc(OC)cc1. The number of nitrogens with one attached hydrogen (secondary N) is 1. The summed E-state index contributed by atoms with van der Waals surface area (Å²) in [4.78, 5) is 0. The van der Waals surface area contributed by atoms with Gasteiger partial charge in [-0.15, -0.1) is 0 Å². The summed E-state index contributed by atoms with van der Waals surface area (Å²) in [6.07, 6.45) is 10.8. The molecule has 0 radical (unpaired) electrons. The Kier molecular flexibility index (Phi) is 9.14. The van der Waals surface area contributed by atoms with Crippen LogP contribution in [-0.2, 0) is 0 Å². The van der Waals surface area contributed by atoms with E-state index < -0.39 is 0 Å². The zero-order valence-corrected chi connectivity index (χ0v) is 13.5. The molecule has 0 aliphatic carbocycles. The normalized spacial score (nSPS) is 12.3. The highest BCUT2D eigenvalue weighted by molar-refractivity contribution is 5.29. The lowest BCUT2D eigenvalue weighted by molar-refractivity contribution is 0.414. The van der Waals surface area contributed by atoms with Crippen LogP contribution < -0.4 is 10.1 Å². The van der Waals surface area contributed by atoms with Gasteiger partial charge in [0.25, 0.3) is 0 Å². The summed E-state index contributed by atoms with van der Waals surface area (Å²) in [6.45, 7) is 2.27. The van der Waals surface area contributed by atoms with Crippen molar-refractivity contribution in [2.24, 2.45) is 0 Å². The minimum absolute atomic E-state index is 0.469. The summed E-state index contributed by atoms with van der Waals surface area (Å²) in [7, 11) is 3.76. The van der Waals surface area contributed by atoms with E-state index in [1.165, 1.54) is 56.9 Å². The Morgan fingerprint density at radius 3 is 2.10 bits per heavy atom. The van der Waals surface area contributed by atoms with E-state index in [4.69, 9.17) is 4.74 Å². The van der Waals surface area contributed by atoms with E-state index in [1.807, 2.05) is 12.1 Å². The third kappa shape index (κ3) is 6.42. The lowest BCUT2D eigenvalue weighted by Crippen LogP contribution is -2.16. The fourth-order valence-corrected chi connectivity index (χ4v) is 2.62. The van der Waals surface area contributed by atoms with Crippen molar-refractivity contribution in [3.8, 4) is 5.75 Å². The van der Waals surface area contributed by atoms with Crippen LogP contribution in [0.1, 0.15) is 69.9 Å². The van der Waals surface area contributed by atoms with Gasteiger partial charge in [-0.25, -0.2) is 0 Å². The van der Waals surface area contributed by atoms with Gasteiger partial charge in [-0.05, 0) is 31.2 Å². The molecule has 0 aliphatic heterocycles. The second-order valence-electron chi connectivity index (χ2n) is 5.52. The van der Waals surface area contributed by atoms with E-state index in [1.54, 1.807) is 7.11 Å². The summed E-state index contributed by atoms with van der Waals surface area (Å²) in [5.41, 5.74) is 1.36. The number of benzene rings is 1. The van der Waals surface area contributed by atoms with Crippen molar-refractivity contribution in [2.45, 2.75) is 64.3 Å². The number of hydrogen-bond acceptors (Lipinski definition) is 2.